The maximum absolute atomic E-state index is 10.5. The smallest absolute Gasteiger partial charge is 0.357 e. The third kappa shape index (κ3) is 1.86. The molecule has 0 atom stereocenters. The van der Waals surface area contributed by atoms with Crippen LogP contribution in [0.5, 0.6) is 0 Å². The molecular formula is C8H11NO4. The highest BCUT2D eigenvalue weighted by molar-refractivity contribution is 5.84. The molecule has 0 aromatic carbocycles. The minimum atomic E-state index is -1.11. The number of methoxy groups -OCH3 is 1. The average Bonchev–Trinajstić information content (AvgIpc) is 2.52. The lowest BCUT2D eigenvalue weighted by molar-refractivity contribution is -0.00368. The normalized spacial score (nSPS) is 11.6. The Balaban J connectivity index is 2.98. The molecular weight excluding hydrogens is 174 g/mol. The van der Waals surface area contributed by atoms with E-state index in [1.165, 1.54) is 7.11 Å². The molecule has 0 aliphatic carbocycles. The minimum absolute atomic E-state index is 0.111. The number of aromatic carboxylic acids is 1. The monoisotopic (exact) mass is 185 g/mol. The lowest BCUT2D eigenvalue weighted by Gasteiger charge is -2.17. The van der Waals surface area contributed by atoms with Gasteiger partial charge in [0.15, 0.2) is 5.69 Å². The van der Waals surface area contributed by atoms with E-state index in [0.29, 0.717) is 0 Å². The van der Waals surface area contributed by atoms with Crippen molar-refractivity contribution in [3.63, 3.8) is 0 Å². The number of carboxylic acid groups (broad SMARTS) is 1. The molecule has 0 aliphatic heterocycles. The zero-order chi connectivity index (χ0) is 10.1. The van der Waals surface area contributed by atoms with Crippen molar-refractivity contribution in [1.29, 1.82) is 0 Å². The molecule has 1 aromatic heterocycles. The van der Waals surface area contributed by atoms with Gasteiger partial charge in [0.05, 0.1) is 0 Å². The Morgan fingerprint density at radius 1 is 1.69 bits per heavy atom. The molecule has 5 nitrogen and oxygen atoms in total. The number of ether oxygens (including phenoxy) is 1. The molecule has 5 heteroatoms. The van der Waals surface area contributed by atoms with Gasteiger partial charge in [-0.25, -0.2) is 9.78 Å². The third-order valence-electron chi connectivity index (χ3n) is 1.75. The zero-order valence-electron chi connectivity index (χ0n) is 7.70. The lowest BCUT2D eigenvalue weighted by atomic mass is 10.1. The Morgan fingerprint density at radius 2 is 2.31 bits per heavy atom. The van der Waals surface area contributed by atoms with Crippen molar-refractivity contribution in [3.8, 4) is 0 Å². The number of oxazole rings is 1. The van der Waals surface area contributed by atoms with Crippen LogP contribution in [0.15, 0.2) is 10.7 Å². The van der Waals surface area contributed by atoms with E-state index in [0.717, 1.165) is 6.26 Å². The van der Waals surface area contributed by atoms with E-state index < -0.39 is 11.6 Å². The van der Waals surface area contributed by atoms with Gasteiger partial charge in [-0.1, -0.05) is 0 Å². The van der Waals surface area contributed by atoms with Crippen LogP contribution in [-0.4, -0.2) is 23.2 Å². The highest BCUT2D eigenvalue weighted by Gasteiger charge is 2.26. The van der Waals surface area contributed by atoms with E-state index in [-0.39, 0.29) is 11.6 Å². The second kappa shape index (κ2) is 3.18. The molecule has 0 fully saturated rings. The largest absolute Gasteiger partial charge is 0.476 e. The summed E-state index contributed by atoms with van der Waals surface area (Å²) in [4.78, 5) is 14.2. The molecule has 1 heterocycles. The Morgan fingerprint density at radius 3 is 2.69 bits per heavy atom. The summed E-state index contributed by atoms with van der Waals surface area (Å²) in [6.45, 7) is 3.48. The predicted octanol–water partition coefficient (Wildman–Crippen LogP) is 1.25. The molecule has 0 bridgehead atoms. The van der Waals surface area contributed by atoms with E-state index in [1.807, 2.05) is 0 Å². The van der Waals surface area contributed by atoms with Crippen molar-refractivity contribution in [2.24, 2.45) is 0 Å². The van der Waals surface area contributed by atoms with E-state index in [2.05, 4.69) is 4.98 Å². The highest BCUT2D eigenvalue weighted by Crippen LogP contribution is 2.22. The molecule has 0 amide bonds. The summed E-state index contributed by atoms with van der Waals surface area (Å²) in [5, 5.41) is 8.57. The molecule has 0 saturated heterocycles. The van der Waals surface area contributed by atoms with Crippen LogP contribution in [0.2, 0.25) is 0 Å². The first-order valence-corrected chi connectivity index (χ1v) is 3.72. The Hall–Kier alpha value is -1.36. The Bertz CT molecular complexity index is 316. The fourth-order valence-corrected chi connectivity index (χ4v) is 0.736. The van der Waals surface area contributed by atoms with Crippen LogP contribution in [0.4, 0.5) is 0 Å². The van der Waals surface area contributed by atoms with Crippen molar-refractivity contribution in [3.05, 3.63) is 17.8 Å². The summed E-state index contributed by atoms with van der Waals surface area (Å²) in [5.41, 5.74) is -0.812. The van der Waals surface area contributed by atoms with E-state index in [4.69, 9.17) is 14.3 Å². The highest BCUT2D eigenvalue weighted by atomic mass is 16.5. The molecule has 1 rings (SSSR count). The van der Waals surface area contributed by atoms with Crippen molar-refractivity contribution in [2.75, 3.05) is 7.11 Å². The maximum Gasteiger partial charge on any atom is 0.357 e. The topological polar surface area (TPSA) is 72.6 Å². The molecule has 13 heavy (non-hydrogen) atoms. The maximum atomic E-state index is 10.5. The number of nitrogens with zero attached hydrogens (tertiary/aromatic N) is 1. The van der Waals surface area contributed by atoms with Gasteiger partial charge in [0.25, 0.3) is 0 Å². The fraction of sp³-hybridized carbons (Fsp3) is 0.500. The van der Waals surface area contributed by atoms with Crippen LogP contribution in [0, 0.1) is 0 Å². The first kappa shape index (κ1) is 9.73. The predicted molar refractivity (Wildman–Crippen MR) is 43.5 cm³/mol. The summed E-state index contributed by atoms with van der Waals surface area (Å²) in [5.74, 6) is -0.852. The molecule has 0 unspecified atom stereocenters. The molecule has 1 aromatic rings. The van der Waals surface area contributed by atoms with Crippen LogP contribution < -0.4 is 0 Å². The van der Waals surface area contributed by atoms with Crippen molar-refractivity contribution < 1.29 is 19.1 Å². The lowest BCUT2D eigenvalue weighted by Crippen LogP contribution is -2.20. The molecule has 0 radical (unpaired) electrons. The summed E-state index contributed by atoms with van der Waals surface area (Å²) in [6.07, 6.45) is 1.10. The van der Waals surface area contributed by atoms with Gasteiger partial charge in [0.1, 0.15) is 11.9 Å². The average molecular weight is 185 g/mol. The number of rotatable bonds is 3. The van der Waals surface area contributed by atoms with Gasteiger partial charge in [-0.2, -0.15) is 0 Å². The van der Waals surface area contributed by atoms with Crippen LogP contribution in [0.3, 0.4) is 0 Å². The molecule has 0 spiro atoms. The van der Waals surface area contributed by atoms with Crippen LogP contribution in [0.1, 0.15) is 30.2 Å². The zero-order valence-corrected chi connectivity index (χ0v) is 7.70. The third-order valence-corrected chi connectivity index (χ3v) is 1.75. The standard InChI is InChI=1S/C8H11NO4/c1-8(2,12-3)7-9-5(4-13-7)6(10)11/h4H,1-3H3,(H,10,11). The van der Waals surface area contributed by atoms with Crippen molar-refractivity contribution >= 4 is 5.97 Å². The number of carboxylic acids is 1. The van der Waals surface area contributed by atoms with Gasteiger partial charge in [0.2, 0.25) is 5.89 Å². The second-order valence-corrected chi connectivity index (χ2v) is 3.06. The second-order valence-electron chi connectivity index (χ2n) is 3.06. The van der Waals surface area contributed by atoms with Crippen LogP contribution in [0.25, 0.3) is 0 Å². The van der Waals surface area contributed by atoms with Gasteiger partial charge >= 0.3 is 5.97 Å². The van der Waals surface area contributed by atoms with Crippen molar-refractivity contribution in [2.45, 2.75) is 19.4 Å². The van der Waals surface area contributed by atoms with E-state index in [9.17, 15) is 4.79 Å². The summed E-state index contributed by atoms with van der Waals surface area (Å²) in [7, 11) is 1.50. The summed E-state index contributed by atoms with van der Waals surface area (Å²) < 4.78 is 10.0. The molecule has 1 N–H and O–H groups in total. The van der Waals surface area contributed by atoms with Crippen LogP contribution in [-0.2, 0) is 10.3 Å². The quantitative estimate of drug-likeness (QED) is 0.767. The van der Waals surface area contributed by atoms with Crippen LogP contribution >= 0.6 is 0 Å². The van der Waals surface area contributed by atoms with Gasteiger partial charge in [-0.05, 0) is 13.8 Å². The van der Waals surface area contributed by atoms with Gasteiger partial charge in [-0.3, -0.25) is 0 Å². The Labute approximate surface area is 75.3 Å². The van der Waals surface area contributed by atoms with Gasteiger partial charge < -0.3 is 14.3 Å². The van der Waals surface area contributed by atoms with Crippen molar-refractivity contribution in [1.82, 2.24) is 4.98 Å². The minimum Gasteiger partial charge on any atom is -0.476 e. The SMILES string of the molecule is COC(C)(C)c1nc(C(=O)O)co1. The van der Waals surface area contributed by atoms with E-state index in [1.54, 1.807) is 13.8 Å². The van der Waals surface area contributed by atoms with Gasteiger partial charge in [-0.15, -0.1) is 0 Å². The van der Waals surface area contributed by atoms with E-state index >= 15 is 0 Å². The summed E-state index contributed by atoms with van der Waals surface area (Å²) in [6, 6.07) is 0. The fourth-order valence-electron chi connectivity index (χ4n) is 0.736. The molecule has 72 valence electrons. The number of aromatic nitrogens is 1. The number of hydrogen-bond acceptors (Lipinski definition) is 4. The first-order valence-electron chi connectivity index (χ1n) is 3.72. The summed E-state index contributed by atoms with van der Waals surface area (Å²) >= 11 is 0. The number of carbonyl (C=O) groups is 1. The molecule has 0 saturated carbocycles. The Kier molecular flexibility index (Phi) is 2.38. The number of hydrogen-bond donors (Lipinski definition) is 1. The molecule has 0 aliphatic rings. The first-order chi connectivity index (χ1) is 5.97. The van der Waals surface area contributed by atoms with Gasteiger partial charge in [0, 0.05) is 7.11 Å².